The molecule has 3 N–H and O–H groups in total. The van der Waals surface area contributed by atoms with E-state index >= 15 is 0 Å². The molecule has 0 unspecified atom stereocenters. The number of hydrogen-bond donors (Lipinski definition) is 2. The highest BCUT2D eigenvalue weighted by Gasteiger charge is 2.11. The van der Waals surface area contributed by atoms with E-state index in [1.807, 2.05) is 19.1 Å². The van der Waals surface area contributed by atoms with Crippen LogP contribution in [0.4, 0.5) is 5.69 Å². The lowest BCUT2D eigenvalue weighted by atomic mass is 10.1. The Bertz CT molecular complexity index is 384. The normalized spacial score (nSPS) is 11.6. The van der Waals surface area contributed by atoms with E-state index in [1.54, 1.807) is 0 Å². The van der Waals surface area contributed by atoms with Crippen molar-refractivity contribution >= 4 is 11.5 Å². The van der Waals surface area contributed by atoms with Gasteiger partial charge in [-0.3, -0.25) is 0 Å². The molecular weight excluding hydrogens is 202 g/mol. The van der Waals surface area contributed by atoms with Crippen molar-refractivity contribution in [2.45, 2.75) is 20.8 Å². The Morgan fingerprint density at radius 3 is 2.50 bits per heavy atom. The van der Waals surface area contributed by atoms with Gasteiger partial charge in [0, 0.05) is 24.3 Å². The second kappa shape index (κ2) is 5.39. The van der Waals surface area contributed by atoms with Gasteiger partial charge in [0.05, 0.1) is 0 Å². The summed E-state index contributed by atoms with van der Waals surface area (Å²) in [6, 6.07) is 5.90. The summed E-state index contributed by atoms with van der Waals surface area (Å²) in [7, 11) is 0. The Hall–Kier alpha value is -1.71. The first-order valence-electron chi connectivity index (χ1n) is 5.47. The highest BCUT2D eigenvalue weighted by molar-refractivity contribution is 6.02. The molecular formula is C12H19N3O. The molecule has 1 rings (SSSR count). The van der Waals surface area contributed by atoms with Crippen LogP contribution in [-0.4, -0.2) is 24.1 Å². The number of aryl methyl sites for hydroxylation is 1. The third-order valence-electron chi connectivity index (χ3n) is 2.64. The summed E-state index contributed by atoms with van der Waals surface area (Å²) in [6.07, 6.45) is 0. The molecule has 1 aromatic carbocycles. The van der Waals surface area contributed by atoms with E-state index in [1.165, 1.54) is 0 Å². The molecule has 0 spiro atoms. The summed E-state index contributed by atoms with van der Waals surface area (Å²) in [6.45, 7) is 7.99. The van der Waals surface area contributed by atoms with Gasteiger partial charge in [-0.1, -0.05) is 11.2 Å². The van der Waals surface area contributed by atoms with Crippen LogP contribution in [0.1, 0.15) is 25.0 Å². The second-order valence-corrected chi connectivity index (χ2v) is 3.68. The average Bonchev–Trinajstić information content (AvgIpc) is 2.30. The Labute approximate surface area is 96.4 Å². The topological polar surface area (TPSA) is 61.8 Å². The molecule has 4 heteroatoms. The Kier molecular flexibility index (Phi) is 4.17. The van der Waals surface area contributed by atoms with Crippen molar-refractivity contribution in [3.63, 3.8) is 0 Å². The molecule has 0 radical (unpaired) electrons. The van der Waals surface area contributed by atoms with Crippen LogP contribution < -0.4 is 10.6 Å². The first-order valence-corrected chi connectivity index (χ1v) is 5.47. The highest BCUT2D eigenvalue weighted by Crippen LogP contribution is 2.21. The van der Waals surface area contributed by atoms with Gasteiger partial charge < -0.3 is 15.8 Å². The third-order valence-corrected chi connectivity index (χ3v) is 2.64. The number of anilines is 1. The molecule has 0 atom stereocenters. The van der Waals surface area contributed by atoms with Crippen molar-refractivity contribution in [3.8, 4) is 0 Å². The molecule has 16 heavy (non-hydrogen) atoms. The molecule has 0 aromatic heterocycles. The van der Waals surface area contributed by atoms with Crippen LogP contribution in [0.25, 0.3) is 0 Å². The number of amidine groups is 1. The standard InChI is InChI=1S/C12H19N3O/c1-4-15(5-2)11-8-9(3)6-7-10(11)12(13)14-16/h6-8,16H,4-5H2,1-3H3,(H2,13,14). The SMILES string of the molecule is CCN(CC)c1cc(C)ccc1C(N)=NO. The van der Waals surface area contributed by atoms with Crippen molar-refractivity contribution in [1.82, 2.24) is 0 Å². The molecule has 0 fully saturated rings. The quantitative estimate of drug-likeness (QED) is 0.353. The largest absolute Gasteiger partial charge is 0.409 e. The first-order chi connectivity index (χ1) is 7.63. The van der Waals surface area contributed by atoms with Gasteiger partial charge in [-0.2, -0.15) is 0 Å². The van der Waals surface area contributed by atoms with Gasteiger partial charge in [0.15, 0.2) is 5.84 Å². The fraction of sp³-hybridized carbons (Fsp3) is 0.417. The molecule has 0 saturated carbocycles. The Morgan fingerprint density at radius 1 is 1.38 bits per heavy atom. The smallest absolute Gasteiger partial charge is 0.172 e. The lowest BCUT2D eigenvalue weighted by molar-refractivity contribution is 0.318. The summed E-state index contributed by atoms with van der Waals surface area (Å²) >= 11 is 0. The van der Waals surface area contributed by atoms with E-state index in [-0.39, 0.29) is 5.84 Å². The zero-order valence-electron chi connectivity index (χ0n) is 10.1. The molecule has 4 nitrogen and oxygen atoms in total. The van der Waals surface area contributed by atoms with Crippen molar-refractivity contribution in [3.05, 3.63) is 29.3 Å². The number of nitrogens with two attached hydrogens (primary N) is 1. The minimum absolute atomic E-state index is 0.155. The Balaban J connectivity index is 3.27. The van der Waals surface area contributed by atoms with Crippen molar-refractivity contribution in [1.29, 1.82) is 0 Å². The van der Waals surface area contributed by atoms with Crippen LogP contribution >= 0.6 is 0 Å². The summed E-state index contributed by atoms with van der Waals surface area (Å²) < 4.78 is 0. The van der Waals surface area contributed by atoms with Gasteiger partial charge in [-0.05, 0) is 38.5 Å². The number of hydrogen-bond acceptors (Lipinski definition) is 3. The summed E-state index contributed by atoms with van der Waals surface area (Å²) in [5.41, 5.74) is 8.62. The maximum atomic E-state index is 8.75. The van der Waals surface area contributed by atoms with Crippen LogP contribution in [0.5, 0.6) is 0 Å². The van der Waals surface area contributed by atoms with Crippen LogP contribution in [0.3, 0.4) is 0 Å². The molecule has 0 heterocycles. The lowest BCUT2D eigenvalue weighted by Crippen LogP contribution is -2.26. The summed E-state index contributed by atoms with van der Waals surface area (Å²) in [5.74, 6) is 0.155. The zero-order chi connectivity index (χ0) is 12.1. The maximum Gasteiger partial charge on any atom is 0.172 e. The van der Waals surface area contributed by atoms with Crippen LogP contribution in [0.2, 0.25) is 0 Å². The van der Waals surface area contributed by atoms with Gasteiger partial charge >= 0.3 is 0 Å². The highest BCUT2D eigenvalue weighted by atomic mass is 16.4. The van der Waals surface area contributed by atoms with Gasteiger partial charge in [-0.15, -0.1) is 0 Å². The number of benzene rings is 1. The van der Waals surface area contributed by atoms with Crippen LogP contribution in [0.15, 0.2) is 23.4 Å². The average molecular weight is 221 g/mol. The van der Waals surface area contributed by atoms with Gasteiger partial charge in [-0.25, -0.2) is 0 Å². The molecule has 1 aromatic rings. The monoisotopic (exact) mass is 221 g/mol. The lowest BCUT2D eigenvalue weighted by Gasteiger charge is -2.24. The van der Waals surface area contributed by atoms with E-state index in [0.29, 0.717) is 0 Å². The van der Waals surface area contributed by atoms with Crippen molar-refractivity contribution in [2.24, 2.45) is 10.9 Å². The third kappa shape index (κ3) is 2.45. The Morgan fingerprint density at radius 2 is 2.00 bits per heavy atom. The fourth-order valence-corrected chi connectivity index (χ4v) is 1.74. The van der Waals surface area contributed by atoms with E-state index < -0.39 is 0 Å². The first kappa shape index (κ1) is 12.4. The molecule has 0 aliphatic rings. The predicted octanol–water partition coefficient (Wildman–Crippen LogP) is 1.94. The van der Waals surface area contributed by atoms with Crippen LogP contribution in [0, 0.1) is 6.92 Å². The zero-order valence-corrected chi connectivity index (χ0v) is 10.1. The molecule has 0 aliphatic carbocycles. The number of rotatable bonds is 4. The van der Waals surface area contributed by atoms with Gasteiger partial charge in [0.1, 0.15) is 0 Å². The van der Waals surface area contributed by atoms with Crippen molar-refractivity contribution < 1.29 is 5.21 Å². The predicted molar refractivity (Wildman–Crippen MR) is 67.3 cm³/mol. The molecule has 0 saturated heterocycles. The molecule has 0 bridgehead atoms. The number of nitrogens with zero attached hydrogens (tertiary/aromatic N) is 2. The van der Waals surface area contributed by atoms with E-state index in [2.05, 4.69) is 30.0 Å². The minimum atomic E-state index is 0.155. The summed E-state index contributed by atoms with van der Waals surface area (Å²) in [4.78, 5) is 2.18. The van der Waals surface area contributed by atoms with Crippen molar-refractivity contribution in [2.75, 3.05) is 18.0 Å². The number of oxime groups is 1. The van der Waals surface area contributed by atoms with E-state index in [9.17, 15) is 0 Å². The van der Waals surface area contributed by atoms with Gasteiger partial charge in [0.2, 0.25) is 0 Å². The maximum absolute atomic E-state index is 8.75. The summed E-state index contributed by atoms with van der Waals surface area (Å²) in [5, 5.41) is 11.8. The second-order valence-electron chi connectivity index (χ2n) is 3.68. The van der Waals surface area contributed by atoms with Gasteiger partial charge in [0.25, 0.3) is 0 Å². The fourth-order valence-electron chi connectivity index (χ4n) is 1.74. The van der Waals surface area contributed by atoms with Crippen LogP contribution in [-0.2, 0) is 0 Å². The molecule has 88 valence electrons. The van der Waals surface area contributed by atoms with E-state index in [4.69, 9.17) is 10.9 Å². The molecule has 0 aliphatic heterocycles. The minimum Gasteiger partial charge on any atom is -0.409 e. The molecule has 0 amide bonds. The van der Waals surface area contributed by atoms with E-state index in [0.717, 1.165) is 29.9 Å².